The molecular formula is C12H23N. The molecule has 1 unspecified atom stereocenters. The van der Waals surface area contributed by atoms with Crippen LogP contribution in [0.4, 0.5) is 0 Å². The summed E-state index contributed by atoms with van der Waals surface area (Å²) in [6.45, 7) is 3.80. The van der Waals surface area contributed by atoms with Crippen molar-refractivity contribution < 1.29 is 0 Å². The smallest absolute Gasteiger partial charge is 0.0101 e. The van der Waals surface area contributed by atoms with Gasteiger partial charge in [0.1, 0.15) is 0 Å². The number of hydrogen-bond donors (Lipinski definition) is 1. The Morgan fingerprint density at radius 2 is 2.08 bits per heavy atom. The Kier molecular flexibility index (Phi) is 5.14. The van der Waals surface area contributed by atoms with E-state index in [-0.39, 0.29) is 0 Å². The molecule has 0 amide bonds. The first kappa shape index (κ1) is 10.8. The molecule has 0 saturated heterocycles. The predicted molar refractivity (Wildman–Crippen MR) is 58.9 cm³/mol. The standard InChI is InChI=1S/C12H23N/c1-3-7-12(13-2)10-11-8-5-4-6-9-11/h3,11-13H,1,4-10H2,2H3. The van der Waals surface area contributed by atoms with Crippen LogP contribution in [0.15, 0.2) is 12.7 Å². The molecule has 1 atom stereocenters. The van der Waals surface area contributed by atoms with Gasteiger partial charge >= 0.3 is 0 Å². The highest BCUT2D eigenvalue weighted by molar-refractivity contribution is 4.80. The molecule has 76 valence electrons. The van der Waals surface area contributed by atoms with Crippen LogP contribution in [-0.4, -0.2) is 13.1 Å². The highest BCUT2D eigenvalue weighted by Gasteiger charge is 2.16. The SMILES string of the molecule is C=CCC(CC1CCCCC1)NC. The van der Waals surface area contributed by atoms with Crippen LogP contribution in [-0.2, 0) is 0 Å². The van der Waals surface area contributed by atoms with Gasteiger partial charge in [0.25, 0.3) is 0 Å². The van der Waals surface area contributed by atoms with Gasteiger partial charge in [-0.15, -0.1) is 6.58 Å². The van der Waals surface area contributed by atoms with E-state index in [1.54, 1.807) is 0 Å². The maximum atomic E-state index is 3.80. The molecule has 0 spiro atoms. The third-order valence-corrected chi connectivity index (χ3v) is 3.20. The van der Waals surface area contributed by atoms with Crippen molar-refractivity contribution in [3.8, 4) is 0 Å². The highest BCUT2D eigenvalue weighted by atomic mass is 14.9. The van der Waals surface area contributed by atoms with Crippen LogP contribution in [0.3, 0.4) is 0 Å². The number of nitrogens with one attached hydrogen (secondary N) is 1. The van der Waals surface area contributed by atoms with E-state index in [0.29, 0.717) is 6.04 Å². The minimum atomic E-state index is 0.667. The predicted octanol–water partition coefficient (Wildman–Crippen LogP) is 3.12. The summed E-state index contributed by atoms with van der Waals surface area (Å²) in [7, 11) is 2.07. The molecule has 1 N–H and O–H groups in total. The van der Waals surface area contributed by atoms with Crippen molar-refractivity contribution >= 4 is 0 Å². The van der Waals surface area contributed by atoms with Crippen LogP contribution in [0.25, 0.3) is 0 Å². The van der Waals surface area contributed by atoms with E-state index in [2.05, 4.69) is 18.9 Å². The van der Waals surface area contributed by atoms with E-state index in [0.717, 1.165) is 12.3 Å². The van der Waals surface area contributed by atoms with Crippen molar-refractivity contribution in [1.29, 1.82) is 0 Å². The quantitative estimate of drug-likeness (QED) is 0.643. The average molecular weight is 181 g/mol. The van der Waals surface area contributed by atoms with Gasteiger partial charge in [0.05, 0.1) is 0 Å². The Bertz CT molecular complexity index is 136. The minimum absolute atomic E-state index is 0.667. The van der Waals surface area contributed by atoms with Crippen molar-refractivity contribution in [3.63, 3.8) is 0 Å². The molecule has 0 heterocycles. The van der Waals surface area contributed by atoms with Crippen LogP contribution < -0.4 is 5.32 Å². The monoisotopic (exact) mass is 181 g/mol. The van der Waals surface area contributed by atoms with Crippen LogP contribution in [0.5, 0.6) is 0 Å². The Morgan fingerprint density at radius 1 is 1.38 bits per heavy atom. The van der Waals surface area contributed by atoms with Crippen LogP contribution in [0.1, 0.15) is 44.9 Å². The van der Waals surface area contributed by atoms with Gasteiger partial charge in [0.2, 0.25) is 0 Å². The van der Waals surface area contributed by atoms with E-state index in [9.17, 15) is 0 Å². The summed E-state index contributed by atoms with van der Waals surface area (Å²) in [6.07, 6.45) is 11.8. The molecule has 0 bridgehead atoms. The van der Waals surface area contributed by atoms with Gasteiger partial charge < -0.3 is 5.32 Å². The van der Waals surface area contributed by atoms with Gasteiger partial charge in [-0.1, -0.05) is 38.2 Å². The molecule has 1 aliphatic rings. The van der Waals surface area contributed by atoms with Crippen LogP contribution >= 0.6 is 0 Å². The van der Waals surface area contributed by atoms with Crippen molar-refractivity contribution in [2.75, 3.05) is 7.05 Å². The molecule has 13 heavy (non-hydrogen) atoms. The van der Waals surface area contributed by atoms with Gasteiger partial charge in [0, 0.05) is 6.04 Å². The molecule has 0 aromatic rings. The van der Waals surface area contributed by atoms with Gasteiger partial charge in [-0.2, -0.15) is 0 Å². The van der Waals surface area contributed by atoms with E-state index in [4.69, 9.17) is 0 Å². The maximum Gasteiger partial charge on any atom is 0.0101 e. The lowest BCUT2D eigenvalue weighted by atomic mass is 9.84. The first-order valence-electron chi connectivity index (χ1n) is 5.65. The largest absolute Gasteiger partial charge is 0.317 e. The van der Waals surface area contributed by atoms with E-state index in [1.165, 1.54) is 38.5 Å². The lowest BCUT2D eigenvalue weighted by molar-refractivity contribution is 0.304. The van der Waals surface area contributed by atoms with Gasteiger partial charge in [-0.05, 0) is 25.8 Å². The summed E-state index contributed by atoms with van der Waals surface area (Å²) in [6, 6.07) is 0.667. The Labute approximate surface area is 82.6 Å². The summed E-state index contributed by atoms with van der Waals surface area (Å²) < 4.78 is 0. The molecule has 1 aliphatic carbocycles. The summed E-state index contributed by atoms with van der Waals surface area (Å²) in [4.78, 5) is 0. The summed E-state index contributed by atoms with van der Waals surface area (Å²) in [5.41, 5.74) is 0. The van der Waals surface area contributed by atoms with Crippen molar-refractivity contribution in [1.82, 2.24) is 5.32 Å². The first-order valence-corrected chi connectivity index (χ1v) is 5.65. The van der Waals surface area contributed by atoms with Crippen LogP contribution in [0, 0.1) is 5.92 Å². The van der Waals surface area contributed by atoms with E-state index < -0.39 is 0 Å². The summed E-state index contributed by atoms with van der Waals surface area (Å²) in [5, 5.41) is 3.38. The Balaban J connectivity index is 2.22. The zero-order valence-corrected chi connectivity index (χ0v) is 8.89. The van der Waals surface area contributed by atoms with Crippen molar-refractivity contribution in [2.24, 2.45) is 5.92 Å². The molecule has 0 aromatic carbocycles. The summed E-state index contributed by atoms with van der Waals surface area (Å²) >= 11 is 0. The zero-order valence-electron chi connectivity index (χ0n) is 8.89. The second-order valence-corrected chi connectivity index (χ2v) is 4.25. The van der Waals surface area contributed by atoms with E-state index in [1.807, 2.05) is 6.08 Å². The molecule has 1 rings (SSSR count). The second kappa shape index (κ2) is 6.20. The fourth-order valence-electron chi connectivity index (χ4n) is 2.36. The highest BCUT2D eigenvalue weighted by Crippen LogP contribution is 2.27. The molecule has 1 nitrogen and oxygen atoms in total. The van der Waals surface area contributed by atoms with Crippen molar-refractivity contribution in [2.45, 2.75) is 51.0 Å². The van der Waals surface area contributed by atoms with Gasteiger partial charge in [-0.3, -0.25) is 0 Å². The molecule has 0 radical (unpaired) electrons. The van der Waals surface area contributed by atoms with Crippen LogP contribution in [0.2, 0.25) is 0 Å². The lowest BCUT2D eigenvalue weighted by Crippen LogP contribution is -2.28. The fraction of sp³-hybridized carbons (Fsp3) is 0.833. The molecule has 0 aliphatic heterocycles. The minimum Gasteiger partial charge on any atom is -0.317 e. The zero-order chi connectivity index (χ0) is 9.52. The number of rotatable bonds is 5. The molecule has 1 saturated carbocycles. The molecule has 1 fully saturated rings. The number of hydrogen-bond acceptors (Lipinski definition) is 1. The molecular weight excluding hydrogens is 158 g/mol. The Morgan fingerprint density at radius 3 is 2.62 bits per heavy atom. The van der Waals surface area contributed by atoms with Crippen molar-refractivity contribution in [3.05, 3.63) is 12.7 Å². The third kappa shape index (κ3) is 3.95. The first-order chi connectivity index (χ1) is 6.36. The van der Waals surface area contributed by atoms with Gasteiger partial charge in [0.15, 0.2) is 0 Å². The average Bonchev–Trinajstić information content (AvgIpc) is 2.19. The third-order valence-electron chi connectivity index (χ3n) is 3.20. The molecule has 0 aromatic heterocycles. The lowest BCUT2D eigenvalue weighted by Gasteiger charge is -2.25. The van der Waals surface area contributed by atoms with E-state index >= 15 is 0 Å². The normalized spacial score (nSPS) is 21.3. The molecule has 1 heteroatoms. The topological polar surface area (TPSA) is 12.0 Å². The Hall–Kier alpha value is -0.300. The van der Waals surface area contributed by atoms with Gasteiger partial charge in [-0.25, -0.2) is 0 Å². The second-order valence-electron chi connectivity index (χ2n) is 4.25. The summed E-state index contributed by atoms with van der Waals surface area (Å²) in [5.74, 6) is 0.978. The maximum absolute atomic E-state index is 3.80. The fourth-order valence-corrected chi connectivity index (χ4v) is 2.36.